The summed E-state index contributed by atoms with van der Waals surface area (Å²) in [5, 5.41) is 9.91. The molecule has 0 saturated heterocycles. The zero-order valence-corrected chi connectivity index (χ0v) is 13.9. The van der Waals surface area contributed by atoms with E-state index in [0.717, 1.165) is 19.4 Å². The molecule has 2 nitrogen and oxygen atoms in total. The second-order valence-corrected chi connectivity index (χ2v) is 6.26. The minimum absolute atomic E-state index is 0.0466. The van der Waals surface area contributed by atoms with Crippen LogP contribution in [0.2, 0.25) is 0 Å². The molecule has 0 aromatic rings. The van der Waals surface area contributed by atoms with E-state index in [1.165, 1.54) is 83.5 Å². The van der Waals surface area contributed by atoms with Crippen molar-refractivity contribution in [1.82, 2.24) is 0 Å². The summed E-state index contributed by atoms with van der Waals surface area (Å²) in [4.78, 5) is 0. The molecule has 3 N–H and O–H groups in total. The fourth-order valence-corrected chi connectivity index (χ4v) is 2.71. The lowest BCUT2D eigenvalue weighted by molar-refractivity contribution is 0.147. The first-order valence-corrected chi connectivity index (χ1v) is 9.19. The molecule has 0 fully saturated rings. The minimum atomic E-state index is -0.0466. The highest BCUT2D eigenvalue weighted by Gasteiger charge is 2.03. The lowest BCUT2D eigenvalue weighted by atomic mass is 10.0. The highest BCUT2D eigenvalue weighted by atomic mass is 16.3. The maximum atomic E-state index is 9.91. The molecule has 2 heteroatoms. The number of nitrogens with two attached hydrogens (primary N) is 1. The van der Waals surface area contributed by atoms with Gasteiger partial charge >= 0.3 is 0 Å². The molecular weight excluding hydrogens is 246 g/mol. The van der Waals surface area contributed by atoms with E-state index in [2.05, 4.69) is 6.92 Å². The Bertz CT molecular complexity index is 155. The van der Waals surface area contributed by atoms with Gasteiger partial charge in [-0.2, -0.15) is 0 Å². The molecule has 0 aromatic carbocycles. The molecule has 0 bridgehead atoms. The Labute approximate surface area is 127 Å². The molecule has 20 heavy (non-hydrogen) atoms. The molecule has 0 saturated carbocycles. The third-order valence-corrected chi connectivity index (χ3v) is 4.13. The van der Waals surface area contributed by atoms with Crippen molar-refractivity contribution in [3.63, 3.8) is 0 Å². The van der Waals surface area contributed by atoms with Gasteiger partial charge in [-0.1, -0.05) is 84.0 Å². The molecule has 0 aromatic heterocycles. The fraction of sp³-hybridized carbons (Fsp3) is 1.00. The van der Waals surface area contributed by atoms with Gasteiger partial charge in [-0.05, 0) is 25.8 Å². The zero-order chi connectivity index (χ0) is 14.9. The molecule has 1 atom stereocenters. The van der Waals surface area contributed by atoms with E-state index >= 15 is 0 Å². The smallest absolute Gasteiger partial charge is 0.0540 e. The van der Waals surface area contributed by atoms with Crippen molar-refractivity contribution < 1.29 is 5.11 Å². The normalized spacial score (nSPS) is 12.8. The van der Waals surface area contributed by atoms with E-state index in [1.54, 1.807) is 0 Å². The maximum Gasteiger partial charge on any atom is 0.0540 e. The summed E-state index contributed by atoms with van der Waals surface area (Å²) in [6, 6.07) is 0. The van der Waals surface area contributed by atoms with E-state index in [1.807, 2.05) is 0 Å². The summed E-state index contributed by atoms with van der Waals surface area (Å²) in [6.45, 7) is 3.09. The third kappa shape index (κ3) is 16.0. The van der Waals surface area contributed by atoms with Gasteiger partial charge in [-0.3, -0.25) is 0 Å². The lowest BCUT2D eigenvalue weighted by Crippen LogP contribution is -2.06. The highest BCUT2D eigenvalue weighted by Crippen LogP contribution is 2.14. The van der Waals surface area contributed by atoms with Crippen LogP contribution in [0.5, 0.6) is 0 Å². The molecule has 0 radical (unpaired) electrons. The van der Waals surface area contributed by atoms with E-state index in [-0.39, 0.29) is 6.10 Å². The van der Waals surface area contributed by atoms with Crippen LogP contribution in [0.15, 0.2) is 0 Å². The van der Waals surface area contributed by atoms with Crippen LogP contribution in [0.3, 0.4) is 0 Å². The van der Waals surface area contributed by atoms with Crippen molar-refractivity contribution in [3.05, 3.63) is 0 Å². The predicted octanol–water partition coefficient (Wildman–Crippen LogP) is 5.18. The van der Waals surface area contributed by atoms with Gasteiger partial charge in [-0.15, -0.1) is 0 Å². The van der Waals surface area contributed by atoms with Crippen LogP contribution in [0, 0.1) is 0 Å². The number of hydrogen-bond donors (Lipinski definition) is 2. The third-order valence-electron chi connectivity index (χ3n) is 4.13. The summed E-state index contributed by atoms with van der Waals surface area (Å²) in [5.41, 5.74) is 5.47. The first-order chi connectivity index (χ1) is 9.81. The Kier molecular flexibility index (Phi) is 16.9. The monoisotopic (exact) mass is 285 g/mol. The minimum Gasteiger partial charge on any atom is -0.393 e. The van der Waals surface area contributed by atoms with Gasteiger partial charge in [0.1, 0.15) is 0 Å². The molecule has 0 spiro atoms. The molecule has 0 aliphatic rings. The summed E-state index contributed by atoms with van der Waals surface area (Å²) >= 11 is 0. The van der Waals surface area contributed by atoms with Crippen LogP contribution in [0.1, 0.15) is 103 Å². The number of aliphatic hydroxyl groups excluding tert-OH is 1. The van der Waals surface area contributed by atoms with E-state index in [9.17, 15) is 5.11 Å². The quantitative estimate of drug-likeness (QED) is 0.384. The van der Waals surface area contributed by atoms with Crippen LogP contribution < -0.4 is 5.73 Å². The average Bonchev–Trinajstić information content (AvgIpc) is 2.45. The van der Waals surface area contributed by atoms with Gasteiger partial charge in [0.2, 0.25) is 0 Å². The van der Waals surface area contributed by atoms with Crippen LogP contribution in [0.4, 0.5) is 0 Å². The fourth-order valence-electron chi connectivity index (χ4n) is 2.71. The van der Waals surface area contributed by atoms with Crippen LogP contribution >= 0.6 is 0 Å². The summed E-state index contributed by atoms with van der Waals surface area (Å²) < 4.78 is 0. The van der Waals surface area contributed by atoms with Crippen molar-refractivity contribution >= 4 is 0 Å². The van der Waals surface area contributed by atoms with E-state index in [4.69, 9.17) is 5.73 Å². The second kappa shape index (κ2) is 17.0. The largest absolute Gasteiger partial charge is 0.393 e. The topological polar surface area (TPSA) is 46.2 Å². The molecule has 0 amide bonds. The van der Waals surface area contributed by atoms with Gasteiger partial charge in [0.05, 0.1) is 6.10 Å². The Balaban J connectivity index is 3.11. The van der Waals surface area contributed by atoms with Crippen molar-refractivity contribution in [2.75, 3.05) is 6.54 Å². The Morgan fingerprint density at radius 1 is 0.650 bits per heavy atom. The van der Waals surface area contributed by atoms with Crippen molar-refractivity contribution in [2.24, 2.45) is 5.73 Å². The van der Waals surface area contributed by atoms with Gasteiger partial charge < -0.3 is 10.8 Å². The molecule has 0 aliphatic carbocycles. The lowest BCUT2D eigenvalue weighted by Gasteiger charge is -2.10. The molecular formula is C18H39NO. The Morgan fingerprint density at radius 3 is 1.50 bits per heavy atom. The molecule has 1 unspecified atom stereocenters. The zero-order valence-electron chi connectivity index (χ0n) is 13.9. The summed E-state index contributed by atoms with van der Waals surface area (Å²) in [5.74, 6) is 0. The summed E-state index contributed by atoms with van der Waals surface area (Å²) in [6.07, 6.45) is 18.9. The first-order valence-electron chi connectivity index (χ1n) is 9.19. The van der Waals surface area contributed by atoms with Crippen LogP contribution in [-0.4, -0.2) is 17.8 Å². The number of hydrogen-bond acceptors (Lipinski definition) is 2. The Morgan fingerprint density at radius 2 is 1.05 bits per heavy atom. The number of unbranched alkanes of at least 4 members (excludes halogenated alkanes) is 11. The average molecular weight is 286 g/mol. The highest BCUT2D eigenvalue weighted by molar-refractivity contribution is 4.57. The Hall–Kier alpha value is -0.0800. The van der Waals surface area contributed by atoms with E-state index < -0.39 is 0 Å². The van der Waals surface area contributed by atoms with Gasteiger partial charge in [0.25, 0.3) is 0 Å². The standard InChI is InChI=1S/C18H39NO/c1-2-3-4-5-6-9-12-15-18(20)16-13-10-7-8-11-14-17-19/h18,20H,2-17,19H2,1H3. The maximum absolute atomic E-state index is 9.91. The van der Waals surface area contributed by atoms with Crippen molar-refractivity contribution in [3.8, 4) is 0 Å². The van der Waals surface area contributed by atoms with Gasteiger partial charge in [-0.25, -0.2) is 0 Å². The van der Waals surface area contributed by atoms with Gasteiger partial charge in [0, 0.05) is 0 Å². The number of rotatable bonds is 16. The SMILES string of the molecule is CCCCCCCCCC(O)CCCCCCCCN. The van der Waals surface area contributed by atoms with Gasteiger partial charge in [0.15, 0.2) is 0 Å². The molecule has 122 valence electrons. The van der Waals surface area contributed by atoms with Crippen molar-refractivity contribution in [2.45, 2.75) is 109 Å². The van der Waals surface area contributed by atoms with Crippen LogP contribution in [0.25, 0.3) is 0 Å². The molecule has 0 rings (SSSR count). The van der Waals surface area contributed by atoms with E-state index in [0.29, 0.717) is 0 Å². The predicted molar refractivity (Wildman–Crippen MR) is 90.0 cm³/mol. The van der Waals surface area contributed by atoms with Crippen molar-refractivity contribution in [1.29, 1.82) is 0 Å². The number of aliphatic hydroxyl groups is 1. The molecule has 0 heterocycles. The summed E-state index contributed by atoms with van der Waals surface area (Å²) in [7, 11) is 0. The first kappa shape index (κ1) is 19.9. The molecule has 0 aliphatic heterocycles. The van der Waals surface area contributed by atoms with Crippen LogP contribution in [-0.2, 0) is 0 Å². The second-order valence-electron chi connectivity index (χ2n) is 6.26.